The molecule has 2 heterocycles. The van der Waals surface area contributed by atoms with Crippen LogP contribution in [-0.4, -0.2) is 30.6 Å². The number of hydrogen-bond donors (Lipinski definition) is 1. The summed E-state index contributed by atoms with van der Waals surface area (Å²) in [6.07, 6.45) is 2.55. The summed E-state index contributed by atoms with van der Waals surface area (Å²) in [5.74, 6) is 2.01. The first-order valence-electron chi connectivity index (χ1n) is 8.70. The maximum absolute atomic E-state index is 6.14. The van der Waals surface area contributed by atoms with Crippen molar-refractivity contribution < 1.29 is 4.74 Å². The maximum Gasteiger partial charge on any atom is 0.132 e. The first-order chi connectivity index (χ1) is 11.4. The van der Waals surface area contributed by atoms with Gasteiger partial charge < -0.3 is 10.1 Å². The Kier molecular flexibility index (Phi) is 4.06. The predicted molar refractivity (Wildman–Crippen MR) is 93.1 cm³/mol. The first kappa shape index (κ1) is 14.7. The van der Waals surface area contributed by atoms with Crippen LogP contribution in [0.25, 0.3) is 0 Å². The van der Waals surface area contributed by atoms with E-state index in [1.165, 1.54) is 24.0 Å². The molecule has 2 aliphatic rings. The van der Waals surface area contributed by atoms with Gasteiger partial charge in [-0.15, -0.1) is 0 Å². The summed E-state index contributed by atoms with van der Waals surface area (Å²) in [6, 6.07) is 17.9. The van der Waals surface area contributed by atoms with Crippen LogP contribution in [0, 0.1) is 0 Å². The number of hydrogen-bond acceptors (Lipinski definition) is 3. The van der Waals surface area contributed by atoms with Crippen LogP contribution in [0.5, 0.6) is 11.5 Å². The second-order valence-corrected chi connectivity index (χ2v) is 6.42. The van der Waals surface area contributed by atoms with E-state index in [2.05, 4.69) is 65.7 Å². The predicted octanol–water partition coefficient (Wildman–Crippen LogP) is 3.96. The Bertz CT molecular complexity index is 639. The van der Waals surface area contributed by atoms with Gasteiger partial charge in [0.05, 0.1) is 6.04 Å². The molecule has 4 rings (SSSR count). The van der Waals surface area contributed by atoms with E-state index in [1.807, 2.05) is 0 Å². The fourth-order valence-electron chi connectivity index (χ4n) is 3.97. The third-order valence-electron chi connectivity index (χ3n) is 5.03. The van der Waals surface area contributed by atoms with Crippen molar-refractivity contribution in [1.29, 1.82) is 0 Å². The summed E-state index contributed by atoms with van der Waals surface area (Å²) in [5.41, 5.74) is 2.60. The molecule has 3 nitrogen and oxygen atoms in total. The number of likely N-dealkylation sites (N-methyl/N-ethyl adjacent to an activating group) is 1. The van der Waals surface area contributed by atoms with Crippen LogP contribution >= 0.6 is 0 Å². The summed E-state index contributed by atoms with van der Waals surface area (Å²) < 4.78 is 6.14. The van der Waals surface area contributed by atoms with Crippen molar-refractivity contribution >= 4 is 0 Å². The van der Waals surface area contributed by atoms with Gasteiger partial charge >= 0.3 is 0 Å². The molecule has 0 bridgehead atoms. The van der Waals surface area contributed by atoms with Gasteiger partial charge in [-0.25, -0.2) is 0 Å². The minimum atomic E-state index is 0.308. The molecule has 0 amide bonds. The van der Waals surface area contributed by atoms with Gasteiger partial charge in [0.15, 0.2) is 0 Å². The topological polar surface area (TPSA) is 24.5 Å². The van der Waals surface area contributed by atoms with Crippen LogP contribution in [0.2, 0.25) is 0 Å². The average Bonchev–Trinajstić information content (AvgIpc) is 3.05. The Morgan fingerprint density at radius 1 is 1.04 bits per heavy atom. The van der Waals surface area contributed by atoms with Crippen LogP contribution in [0.1, 0.15) is 36.9 Å². The molecule has 0 aliphatic carbocycles. The van der Waals surface area contributed by atoms with Gasteiger partial charge in [0.1, 0.15) is 11.5 Å². The Morgan fingerprint density at radius 2 is 1.70 bits per heavy atom. The van der Waals surface area contributed by atoms with Gasteiger partial charge in [-0.05, 0) is 38.1 Å². The number of likely N-dealkylation sites (tertiary alicyclic amines) is 1. The molecule has 1 unspecified atom stereocenters. The zero-order valence-electron chi connectivity index (χ0n) is 13.7. The zero-order chi connectivity index (χ0) is 15.6. The number of benzene rings is 2. The Morgan fingerprint density at radius 3 is 2.35 bits per heavy atom. The number of fused-ring (bicyclic) bond motifs is 2. The van der Waals surface area contributed by atoms with E-state index >= 15 is 0 Å². The van der Waals surface area contributed by atoms with Crippen LogP contribution in [0.4, 0.5) is 0 Å². The third-order valence-corrected chi connectivity index (χ3v) is 5.03. The lowest BCUT2D eigenvalue weighted by Gasteiger charge is -2.38. The fraction of sp³-hybridized carbons (Fsp3) is 0.400. The summed E-state index contributed by atoms with van der Waals surface area (Å²) >= 11 is 0. The lowest BCUT2D eigenvalue weighted by Crippen LogP contribution is -2.41. The Labute approximate surface area is 138 Å². The van der Waals surface area contributed by atoms with Crippen LogP contribution in [-0.2, 0) is 0 Å². The molecule has 0 radical (unpaired) electrons. The second kappa shape index (κ2) is 6.34. The summed E-state index contributed by atoms with van der Waals surface area (Å²) in [6.45, 7) is 5.44. The van der Waals surface area contributed by atoms with Gasteiger partial charge in [0, 0.05) is 23.7 Å². The molecule has 23 heavy (non-hydrogen) atoms. The maximum atomic E-state index is 6.14. The normalized spacial score (nSPS) is 20.8. The van der Waals surface area contributed by atoms with Crippen LogP contribution in [0.15, 0.2) is 48.5 Å². The molecular formula is C20H24N2O. The van der Waals surface area contributed by atoms with Crippen molar-refractivity contribution in [2.75, 3.05) is 19.6 Å². The van der Waals surface area contributed by atoms with E-state index in [0.29, 0.717) is 12.1 Å². The highest BCUT2D eigenvalue weighted by Crippen LogP contribution is 2.47. The van der Waals surface area contributed by atoms with Crippen molar-refractivity contribution in [3.63, 3.8) is 0 Å². The summed E-state index contributed by atoms with van der Waals surface area (Å²) in [7, 11) is 0. The van der Waals surface area contributed by atoms with Gasteiger partial charge in [-0.2, -0.15) is 0 Å². The number of nitrogens with one attached hydrogen (secondary N) is 1. The van der Waals surface area contributed by atoms with E-state index in [0.717, 1.165) is 31.1 Å². The molecule has 1 atom stereocenters. The lowest BCUT2D eigenvalue weighted by molar-refractivity contribution is 0.192. The molecule has 3 heteroatoms. The van der Waals surface area contributed by atoms with Crippen molar-refractivity contribution in [3.8, 4) is 11.5 Å². The monoisotopic (exact) mass is 308 g/mol. The van der Waals surface area contributed by atoms with Crippen molar-refractivity contribution in [1.82, 2.24) is 10.2 Å². The first-order valence-corrected chi connectivity index (χ1v) is 8.70. The second-order valence-electron chi connectivity index (χ2n) is 6.42. The van der Waals surface area contributed by atoms with Crippen LogP contribution < -0.4 is 10.1 Å². The molecule has 1 fully saturated rings. The Balaban J connectivity index is 1.75. The Hall–Kier alpha value is -1.84. The highest BCUT2D eigenvalue weighted by atomic mass is 16.5. The van der Waals surface area contributed by atoms with Crippen molar-refractivity contribution in [3.05, 3.63) is 59.7 Å². The average molecular weight is 308 g/mol. The minimum absolute atomic E-state index is 0.308. The van der Waals surface area contributed by atoms with E-state index in [9.17, 15) is 0 Å². The highest BCUT2D eigenvalue weighted by molar-refractivity contribution is 5.53. The number of nitrogens with zero attached hydrogens (tertiary/aromatic N) is 1. The minimum Gasteiger partial charge on any atom is -0.457 e. The standard InChI is InChI=1S/C20H24N2O/c1-2-21-14-15-8-7-13-22(15)20-16-9-3-5-11-18(16)23-19-12-6-4-10-17(19)20/h3-6,9-12,15,20-21H,2,7-8,13-14H2,1H3. The van der Waals surface area contributed by atoms with Crippen molar-refractivity contribution in [2.24, 2.45) is 0 Å². The number of ether oxygens (including phenoxy) is 1. The zero-order valence-corrected chi connectivity index (χ0v) is 13.7. The quantitative estimate of drug-likeness (QED) is 0.925. The largest absolute Gasteiger partial charge is 0.457 e. The fourth-order valence-corrected chi connectivity index (χ4v) is 3.97. The smallest absolute Gasteiger partial charge is 0.132 e. The van der Waals surface area contributed by atoms with E-state index in [-0.39, 0.29) is 0 Å². The summed E-state index contributed by atoms with van der Waals surface area (Å²) in [5, 5.41) is 3.53. The SMILES string of the molecule is CCNCC1CCCN1C1c2ccccc2Oc2ccccc21. The highest BCUT2D eigenvalue weighted by Gasteiger charge is 2.37. The number of rotatable bonds is 4. The van der Waals surface area contributed by atoms with Crippen molar-refractivity contribution in [2.45, 2.75) is 31.8 Å². The van der Waals surface area contributed by atoms with E-state index in [4.69, 9.17) is 4.74 Å². The molecule has 2 aromatic rings. The third kappa shape index (κ3) is 2.64. The molecular weight excluding hydrogens is 284 g/mol. The molecule has 1 N–H and O–H groups in total. The van der Waals surface area contributed by atoms with Gasteiger partial charge in [0.25, 0.3) is 0 Å². The lowest BCUT2D eigenvalue weighted by atomic mass is 9.92. The van der Waals surface area contributed by atoms with Gasteiger partial charge in [-0.3, -0.25) is 4.90 Å². The summed E-state index contributed by atoms with van der Waals surface area (Å²) in [4.78, 5) is 2.67. The van der Waals surface area contributed by atoms with Gasteiger partial charge in [-0.1, -0.05) is 43.3 Å². The van der Waals surface area contributed by atoms with Gasteiger partial charge in [0.2, 0.25) is 0 Å². The molecule has 0 aromatic heterocycles. The van der Waals surface area contributed by atoms with Crippen LogP contribution in [0.3, 0.4) is 0 Å². The molecule has 2 aliphatic heterocycles. The van der Waals surface area contributed by atoms with E-state index < -0.39 is 0 Å². The molecule has 0 saturated carbocycles. The molecule has 1 saturated heterocycles. The van der Waals surface area contributed by atoms with E-state index in [1.54, 1.807) is 0 Å². The molecule has 120 valence electrons. The number of para-hydroxylation sites is 2. The molecule has 2 aromatic carbocycles. The molecule has 0 spiro atoms.